The molecule has 0 aromatic heterocycles. The number of esters is 1. The summed E-state index contributed by atoms with van der Waals surface area (Å²) in [6.07, 6.45) is 0.00592. The molecule has 23 heavy (non-hydrogen) atoms. The second-order valence-electron chi connectivity index (χ2n) is 4.96. The Kier molecular flexibility index (Phi) is 6.02. The maximum Gasteiger partial charge on any atom is 0.311 e. The molecule has 0 saturated heterocycles. The van der Waals surface area contributed by atoms with Gasteiger partial charge < -0.3 is 10.1 Å². The lowest BCUT2D eigenvalue weighted by atomic mass is 10.2. The highest BCUT2D eigenvalue weighted by Crippen LogP contribution is 2.25. The first-order chi connectivity index (χ1) is 10.9. The van der Waals surface area contributed by atoms with E-state index in [9.17, 15) is 9.59 Å². The predicted molar refractivity (Wildman–Crippen MR) is 91.1 cm³/mol. The van der Waals surface area contributed by atoms with E-state index in [1.807, 2.05) is 19.1 Å². The smallest absolute Gasteiger partial charge is 0.311 e. The minimum atomic E-state index is -0.460. The summed E-state index contributed by atoms with van der Waals surface area (Å²) in [6.45, 7) is 1.94. The normalized spacial score (nSPS) is 10.2. The van der Waals surface area contributed by atoms with E-state index < -0.39 is 5.97 Å². The van der Waals surface area contributed by atoms with Gasteiger partial charge in [-0.25, -0.2) is 0 Å². The molecule has 0 heterocycles. The molecule has 0 bridgehead atoms. The number of ether oxygens (including phenoxy) is 1. The lowest BCUT2D eigenvalue weighted by Gasteiger charge is -2.07. The molecule has 2 aromatic rings. The molecule has 1 amide bonds. The number of halogens is 2. The van der Waals surface area contributed by atoms with Crippen LogP contribution in [0.2, 0.25) is 10.0 Å². The summed E-state index contributed by atoms with van der Waals surface area (Å²) in [7, 11) is 0. The molecule has 1 N–H and O–H groups in total. The summed E-state index contributed by atoms with van der Waals surface area (Å²) in [5.74, 6) is -0.298. The van der Waals surface area contributed by atoms with Crippen molar-refractivity contribution in [2.24, 2.45) is 0 Å². The van der Waals surface area contributed by atoms with Gasteiger partial charge in [0.2, 0.25) is 5.91 Å². The van der Waals surface area contributed by atoms with Gasteiger partial charge >= 0.3 is 5.97 Å². The first kappa shape index (κ1) is 17.3. The number of carbonyl (C=O) groups is 2. The fourth-order valence-electron chi connectivity index (χ4n) is 1.80. The van der Waals surface area contributed by atoms with Crippen molar-refractivity contribution in [1.82, 2.24) is 0 Å². The molecular weight excluding hydrogens is 337 g/mol. The Morgan fingerprint density at radius 2 is 1.70 bits per heavy atom. The van der Waals surface area contributed by atoms with E-state index in [2.05, 4.69) is 5.32 Å². The Bertz CT molecular complexity index is 714. The largest absolute Gasteiger partial charge is 0.427 e. The summed E-state index contributed by atoms with van der Waals surface area (Å²) in [6, 6.07) is 11.9. The number of nitrogens with one attached hydrogen (secondary N) is 1. The van der Waals surface area contributed by atoms with Crippen molar-refractivity contribution in [2.75, 3.05) is 5.32 Å². The van der Waals surface area contributed by atoms with Crippen LogP contribution in [0.5, 0.6) is 5.75 Å². The Hall–Kier alpha value is -2.04. The monoisotopic (exact) mass is 351 g/mol. The number of hydrogen-bond acceptors (Lipinski definition) is 3. The van der Waals surface area contributed by atoms with E-state index >= 15 is 0 Å². The number of benzene rings is 2. The van der Waals surface area contributed by atoms with E-state index in [4.69, 9.17) is 27.9 Å². The summed E-state index contributed by atoms with van der Waals surface area (Å²) < 4.78 is 5.15. The zero-order valence-corrected chi connectivity index (χ0v) is 13.9. The van der Waals surface area contributed by atoms with Gasteiger partial charge in [0.1, 0.15) is 5.75 Å². The molecule has 4 nitrogen and oxygen atoms in total. The van der Waals surface area contributed by atoms with Crippen LogP contribution >= 0.6 is 23.2 Å². The molecule has 120 valence electrons. The van der Waals surface area contributed by atoms with E-state index in [0.29, 0.717) is 21.5 Å². The molecule has 0 fully saturated rings. The number of anilines is 1. The third-order valence-electron chi connectivity index (χ3n) is 3.01. The standard InChI is InChI=1S/C17H15Cl2NO3/c1-11-2-5-13(6-3-11)23-17(22)9-8-16(21)20-12-4-7-14(18)15(19)10-12/h2-7,10H,8-9H2,1H3,(H,20,21). The highest BCUT2D eigenvalue weighted by Gasteiger charge is 2.10. The fraction of sp³-hybridized carbons (Fsp3) is 0.176. The van der Waals surface area contributed by atoms with Gasteiger partial charge in [-0.1, -0.05) is 40.9 Å². The maximum absolute atomic E-state index is 11.8. The second-order valence-corrected chi connectivity index (χ2v) is 5.78. The zero-order chi connectivity index (χ0) is 16.8. The van der Waals surface area contributed by atoms with Crippen LogP contribution < -0.4 is 10.1 Å². The zero-order valence-electron chi connectivity index (χ0n) is 12.4. The average Bonchev–Trinajstić information content (AvgIpc) is 2.51. The van der Waals surface area contributed by atoms with Gasteiger partial charge in [0.05, 0.1) is 16.5 Å². The molecule has 0 aliphatic carbocycles. The number of hydrogen-bond donors (Lipinski definition) is 1. The van der Waals surface area contributed by atoms with Crippen molar-refractivity contribution in [3.05, 3.63) is 58.1 Å². The first-order valence-electron chi connectivity index (χ1n) is 6.96. The Labute approximate surface area is 144 Å². The van der Waals surface area contributed by atoms with Crippen molar-refractivity contribution in [1.29, 1.82) is 0 Å². The van der Waals surface area contributed by atoms with Crippen molar-refractivity contribution >= 4 is 40.8 Å². The Balaban J connectivity index is 1.80. The minimum Gasteiger partial charge on any atom is -0.427 e. The molecule has 0 saturated carbocycles. The summed E-state index contributed by atoms with van der Waals surface area (Å²) in [5, 5.41) is 3.41. The van der Waals surface area contributed by atoms with E-state index in [-0.39, 0.29) is 18.7 Å². The van der Waals surface area contributed by atoms with Crippen LogP contribution in [-0.4, -0.2) is 11.9 Å². The van der Waals surface area contributed by atoms with Gasteiger partial charge in [-0.05, 0) is 37.3 Å². The third kappa shape index (κ3) is 5.58. The molecule has 0 radical (unpaired) electrons. The average molecular weight is 352 g/mol. The van der Waals surface area contributed by atoms with Gasteiger partial charge in [0.25, 0.3) is 0 Å². The van der Waals surface area contributed by atoms with Crippen LogP contribution in [0.15, 0.2) is 42.5 Å². The minimum absolute atomic E-state index is 0.0129. The van der Waals surface area contributed by atoms with Gasteiger partial charge in [0, 0.05) is 12.1 Å². The highest BCUT2D eigenvalue weighted by molar-refractivity contribution is 6.42. The molecule has 0 unspecified atom stereocenters. The number of aryl methyl sites for hydroxylation is 1. The van der Waals surface area contributed by atoms with Crippen LogP contribution in [0, 0.1) is 6.92 Å². The van der Waals surface area contributed by atoms with Crippen LogP contribution in [0.4, 0.5) is 5.69 Å². The van der Waals surface area contributed by atoms with Crippen LogP contribution in [-0.2, 0) is 9.59 Å². The van der Waals surface area contributed by atoms with Gasteiger partial charge in [0.15, 0.2) is 0 Å². The SMILES string of the molecule is Cc1ccc(OC(=O)CCC(=O)Nc2ccc(Cl)c(Cl)c2)cc1. The molecule has 2 rings (SSSR count). The van der Waals surface area contributed by atoms with E-state index in [0.717, 1.165) is 5.56 Å². The predicted octanol–water partition coefficient (Wildman–Crippen LogP) is 4.63. The van der Waals surface area contributed by atoms with Crippen molar-refractivity contribution in [3.63, 3.8) is 0 Å². The van der Waals surface area contributed by atoms with Crippen LogP contribution in [0.1, 0.15) is 18.4 Å². The summed E-state index contributed by atoms with van der Waals surface area (Å²) >= 11 is 11.7. The lowest BCUT2D eigenvalue weighted by Crippen LogP contribution is -2.15. The topological polar surface area (TPSA) is 55.4 Å². The Morgan fingerprint density at radius 3 is 2.35 bits per heavy atom. The van der Waals surface area contributed by atoms with Crippen LogP contribution in [0.25, 0.3) is 0 Å². The number of carbonyl (C=O) groups excluding carboxylic acids is 2. The first-order valence-corrected chi connectivity index (χ1v) is 7.72. The summed E-state index contributed by atoms with van der Waals surface area (Å²) in [4.78, 5) is 23.5. The van der Waals surface area contributed by atoms with Crippen molar-refractivity contribution in [3.8, 4) is 5.75 Å². The summed E-state index contributed by atoms with van der Waals surface area (Å²) in [5.41, 5.74) is 1.60. The van der Waals surface area contributed by atoms with Gasteiger partial charge in [-0.3, -0.25) is 9.59 Å². The molecule has 0 spiro atoms. The van der Waals surface area contributed by atoms with Crippen molar-refractivity contribution in [2.45, 2.75) is 19.8 Å². The maximum atomic E-state index is 11.8. The fourth-order valence-corrected chi connectivity index (χ4v) is 2.10. The van der Waals surface area contributed by atoms with E-state index in [1.54, 1.807) is 30.3 Å². The third-order valence-corrected chi connectivity index (χ3v) is 3.75. The quantitative estimate of drug-likeness (QED) is 0.631. The number of amides is 1. The van der Waals surface area contributed by atoms with E-state index in [1.165, 1.54) is 0 Å². The van der Waals surface area contributed by atoms with Gasteiger partial charge in [-0.15, -0.1) is 0 Å². The molecule has 0 aliphatic rings. The molecule has 0 aliphatic heterocycles. The molecular formula is C17H15Cl2NO3. The van der Waals surface area contributed by atoms with Gasteiger partial charge in [-0.2, -0.15) is 0 Å². The Morgan fingerprint density at radius 1 is 1.00 bits per heavy atom. The lowest BCUT2D eigenvalue weighted by molar-refractivity contribution is -0.135. The highest BCUT2D eigenvalue weighted by atomic mass is 35.5. The van der Waals surface area contributed by atoms with Crippen LogP contribution in [0.3, 0.4) is 0 Å². The molecule has 0 atom stereocenters. The van der Waals surface area contributed by atoms with Crippen molar-refractivity contribution < 1.29 is 14.3 Å². The second kappa shape index (κ2) is 7.99. The number of rotatable bonds is 5. The molecule has 2 aromatic carbocycles. The molecule has 6 heteroatoms.